The third-order valence-electron chi connectivity index (χ3n) is 5.63. The van der Waals surface area contributed by atoms with Gasteiger partial charge in [0.1, 0.15) is 0 Å². The van der Waals surface area contributed by atoms with Gasteiger partial charge < -0.3 is 15.3 Å². The van der Waals surface area contributed by atoms with E-state index in [0.29, 0.717) is 19.1 Å². The van der Waals surface area contributed by atoms with Gasteiger partial charge in [-0.1, -0.05) is 30.7 Å². The van der Waals surface area contributed by atoms with E-state index >= 15 is 0 Å². The summed E-state index contributed by atoms with van der Waals surface area (Å²) in [6.45, 7) is 9.75. The minimum atomic E-state index is -0.230. The van der Waals surface area contributed by atoms with Crippen molar-refractivity contribution in [3.8, 4) is 0 Å². The normalized spacial score (nSPS) is 24.9. The van der Waals surface area contributed by atoms with E-state index in [4.69, 9.17) is 4.99 Å². The minimum absolute atomic E-state index is 0.230. The van der Waals surface area contributed by atoms with Crippen molar-refractivity contribution < 1.29 is 5.11 Å². The molecule has 2 atom stereocenters. The first-order chi connectivity index (χ1) is 12.7. The Morgan fingerprint density at radius 2 is 2.00 bits per heavy atom. The number of benzene rings is 1. The van der Waals surface area contributed by atoms with Crippen LogP contribution in [-0.4, -0.2) is 59.2 Å². The third-order valence-corrected chi connectivity index (χ3v) is 5.63. The Bertz CT molecular complexity index is 603. The highest BCUT2D eigenvalue weighted by Crippen LogP contribution is 2.21. The molecule has 0 aliphatic carbocycles. The molecular formula is C21H34N4O. The van der Waals surface area contributed by atoms with Crippen LogP contribution in [0, 0.1) is 0 Å². The molecule has 5 heteroatoms. The SMILES string of the molecule is CCNC(=NCc1ccccc1CN1CCCCC1C)N1CC[C@@H](O)C1. The van der Waals surface area contributed by atoms with E-state index in [2.05, 4.69) is 53.2 Å². The molecule has 0 bridgehead atoms. The lowest BCUT2D eigenvalue weighted by molar-refractivity contribution is 0.152. The number of aliphatic imine (C=N–C) groups is 1. The molecular weight excluding hydrogens is 324 g/mol. The van der Waals surface area contributed by atoms with Crippen LogP contribution in [0.2, 0.25) is 0 Å². The zero-order valence-corrected chi connectivity index (χ0v) is 16.3. The molecule has 0 saturated carbocycles. The van der Waals surface area contributed by atoms with Crippen molar-refractivity contribution in [1.82, 2.24) is 15.1 Å². The van der Waals surface area contributed by atoms with Crippen molar-refractivity contribution in [1.29, 1.82) is 0 Å². The Morgan fingerprint density at radius 1 is 1.19 bits per heavy atom. The molecule has 0 spiro atoms. The Morgan fingerprint density at radius 3 is 2.69 bits per heavy atom. The lowest BCUT2D eigenvalue weighted by Gasteiger charge is -2.33. The Kier molecular flexibility index (Phi) is 6.92. The van der Waals surface area contributed by atoms with Crippen molar-refractivity contribution in [2.45, 2.75) is 64.8 Å². The van der Waals surface area contributed by atoms with Crippen LogP contribution in [0.1, 0.15) is 50.7 Å². The van der Waals surface area contributed by atoms with Gasteiger partial charge in [-0.3, -0.25) is 4.90 Å². The molecule has 144 valence electrons. The number of hydrogen-bond donors (Lipinski definition) is 2. The van der Waals surface area contributed by atoms with Crippen molar-refractivity contribution in [3.63, 3.8) is 0 Å². The maximum atomic E-state index is 9.82. The predicted octanol–water partition coefficient (Wildman–Crippen LogP) is 2.59. The first-order valence-corrected chi connectivity index (χ1v) is 10.2. The summed E-state index contributed by atoms with van der Waals surface area (Å²) in [7, 11) is 0. The van der Waals surface area contributed by atoms with Crippen LogP contribution in [0.5, 0.6) is 0 Å². The Hall–Kier alpha value is -1.59. The lowest BCUT2D eigenvalue weighted by atomic mass is 10.0. The van der Waals surface area contributed by atoms with Gasteiger partial charge in [0, 0.05) is 32.2 Å². The van der Waals surface area contributed by atoms with Gasteiger partial charge >= 0.3 is 0 Å². The van der Waals surface area contributed by atoms with E-state index in [0.717, 1.165) is 32.0 Å². The van der Waals surface area contributed by atoms with Crippen LogP contribution in [0.3, 0.4) is 0 Å². The van der Waals surface area contributed by atoms with Crippen LogP contribution in [0.25, 0.3) is 0 Å². The number of aliphatic hydroxyl groups is 1. The average molecular weight is 359 g/mol. The fraction of sp³-hybridized carbons (Fsp3) is 0.667. The second kappa shape index (κ2) is 9.38. The largest absolute Gasteiger partial charge is 0.391 e. The number of aliphatic hydroxyl groups excluding tert-OH is 1. The van der Waals surface area contributed by atoms with Crippen LogP contribution < -0.4 is 5.32 Å². The number of guanidine groups is 1. The number of piperidine rings is 1. The number of β-amino-alcohol motifs (C(OH)–C–C–N with tert-alkyl or cyclic N) is 1. The van der Waals surface area contributed by atoms with Crippen LogP contribution in [-0.2, 0) is 13.1 Å². The lowest BCUT2D eigenvalue weighted by Crippen LogP contribution is -2.40. The molecule has 2 N–H and O–H groups in total. The Balaban J connectivity index is 1.70. The van der Waals surface area contributed by atoms with Crippen LogP contribution in [0.4, 0.5) is 0 Å². The molecule has 0 radical (unpaired) electrons. The van der Waals surface area contributed by atoms with Crippen molar-refractivity contribution in [2.24, 2.45) is 4.99 Å². The fourth-order valence-electron chi connectivity index (χ4n) is 4.00. The van der Waals surface area contributed by atoms with Gasteiger partial charge in [-0.25, -0.2) is 4.99 Å². The molecule has 1 aromatic rings. The molecule has 1 aromatic carbocycles. The monoisotopic (exact) mass is 358 g/mol. The molecule has 2 heterocycles. The molecule has 2 fully saturated rings. The second-order valence-corrected chi connectivity index (χ2v) is 7.64. The number of hydrogen-bond acceptors (Lipinski definition) is 3. The average Bonchev–Trinajstić information content (AvgIpc) is 3.08. The number of nitrogens with one attached hydrogen (secondary N) is 1. The zero-order chi connectivity index (χ0) is 18.4. The summed E-state index contributed by atoms with van der Waals surface area (Å²) >= 11 is 0. The fourth-order valence-corrected chi connectivity index (χ4v) is 4.00. The van der Waals surface area contributed by atoms with E-state index < -0.39 is 0 Å². The predicted molar refractivity (Wildman–Crippen MR) is 107 cm³/mol. The van der Waals surface area contributed by atoms with Gasteiger partial charge in [-0.2, -0.15) is 0 Å². The van der Waals surface area contributed by atoms with E-state index in [1.54, 1.807) is 0 Å². The van der Waals surface area contributed by atoms with Crippen molar-refractivity contribution in [3.05, 3.63) is 35.4 Å². The molecule has 3 rings (SSSR count). The molecule has 5 nitrogen and oxygen atoms in total. The zero-order valence-electron chi connectivity index (χ0n) is 16.3. The van der Waals surface area contributed by atoms with Gasteiger partial charge in [0.05, 0.1) is 12.6 Å². The summed E-state index contributed by atoms with van der Waals surface area (Å²) in [6.07, 6.45) is 4.58. The van der Waals surface area contributed by atoms with E-state index in [1.807, 2.05) is 0 Å². The molecule has 0 aromatic heterocycles. The van der Waals surface area contributed by atoms with Crippen molar-refractivity contribution in [2.75, 3.05) is 26.2 Å². The van der Waals surface area contributed by atoms with Crippen molar-refractivity contribution >= 4 is 5.96 Å². The van der Waals surface area contributed by atoms with E-state index in [1.165, 1.54) is 36.9 Å². The standard InChI is InChI=1S/C21H34N4O/c1-3-22-21(25-13-11-20(26)16-25)23-14-18-9-4-5-10-19(18)15-24-12-7-6-8-17(24)2/h4-5,9-10,17,20,26H,3,6-8,11-16H2,1-2H3,(H,22,23)/t17?,20-/m1/s1. The van der Waals surface area contributed by atoms with Crippen LogP contribution in [0.15, 0.2) is 29.3 Å². The van der Waals surface area contributed by atoms with Gasteiger partial charge in [-0.05, 0) is 50.8 Å². The van der Waals surface area contributed by atoms with E-state index in [9.17, 15) is 5.11 Å². The van der Waals surface area contributed by atoms with Gasteiger partial charge in [0.2, 0.25) is 0 Å². The van der Waals surface area contributed by atoms with E-state index in [-0.39, 0.29) is 6.10 Å². The highest BCUT2D eigenvalue weighted by molar-refractivity contribution is 5.80. The maximum absolute atomic E-state index is 9.82. The molecule has 2 aliphatic rings. The third kappa shape index (κ3) is 4.98. The molecule has 0 amide bonds. The summed E-state index contributed by atoms with van der Waals surface area (Å²) in [5, 5.41) is 13.2. The highest BCUT2D eigenvalue weighted by Gasteiger charge is 2.23. The topological polar surface area (TPSA) is 51.1 Å². The summed E-state index contributed by atoms with van der Waals surface area (Å²) < 4.78 is 0. The number of likely N-dealkylation sites (tertiary alicyclic amines) is 2. The summed E-state index contributed by atoms with van der Waals surface area (Å²) in [5.41, 5.74) is 2.70. The summed E-state index contributed by atoms with van der Waals surface area (Å²) in [4.78, 5) is 9.65. The first kappa shape index (κ1) is 19.2. The minimum Gasteiger partial charge on any atom is -0.391 e. The number of nitrogens with zero attached hydrogens (tertiary/aromatic N) is 3. The Labute approximate surface area is 158 Å². The maximum Gasteiger partial charge on any atom is 0.194 e. The van der Waals surface area contributed by atoms with Gasteiger partial charge in [-0.15, -0.1) is 0 Å². The second-order valence-electron chi connectivity index (χ2n) is 7.64. The quantitative estimate of drug-likeness (QED) is 0.627. The smallest absolute Gasteiger partial charge is 0.194 e. The molecule has 1 unspecified atom stereocenters. The molecule has 2 saturated heterocycles. The van der Waals surface area contributed by atoms with Gasteiger partial charge in [0.15, 0.2) is 5.96 Å². The highest BCUT2D eigenvalue weighted by atomic mass is 16.3. The first-order valence-electron chi connectivity index (χ1n) is 10.2. The molecule has 2 aliphatic heterocycles. The van der Waals surface area contributed by atoms with Crippen LogP contribution >= 0.6 is 0 Å². The number of rotatable bonds is 5. The summed E-state index contributed by atoms with van der Waals surface area (Å²) in [6, 6.07) is 9.37. The molecule has 26 heavy (non-hydrogen) atoms. The summed E-state index contributed by atoms with van der Waals surface area (Å²) in [5.74, 6) is 0.921. The van der Waals surface area contributed by atoms with Gasteiger partial charge in [0.25, 0.3) is 0 Å².